The molecule has 0 atom stereocenters. The lowest BCUT2D eigenvalue weighted by Crippen LogP contribution is -2.12. The first-order valence-electron chi connectivity index (χ1n) is 5.35. The zero-order valence-electron chi connectivity index (χ0n) is 9.77. The number of halogens is 1. The zero-order chi connectivity index (χ0) is 13.1. The molecule has 0 fully saturated rings. The number of nitrogens with one attached hydrogen (secondary N) is 1. The molecule has 18 heavy (non-hydrogen) atoms. The van der Waals surface area contributed by atoms with Crippen molar-refractivity contribution in [3.63, 3.8) is 0 Å². The van der Waals surface area contributed by atoms with Gasteiger partial charge in [-0.25, -0.2) is 0 Å². The fourth-order valence-electron chi connectivity index (χ4n) is 1.62. The summed E-state index contributed by atoms with van der Waals surface area (Å²) in [4.78, 5) is 4.35. The van der Waals surface area contributed by atoms with E-state index in [9.17, 15) is 0 Å². The number of hydrogen-bond donors (Lipinski definition) is 2. The van der Waals surface area contributed by atoms with E-state index in [4.69, 9.17) is 29.6 Å². The van der Waals surface area contributed by atoms with E-state index in [1.54, 1.807) is 18.5 Å². The maximum Gasteiger partial charge on any atom is 0.107 e. The Morgan fingerprint density at radius 3 is 2.78 bits per heavy atom. The molecule has 1 heterocycles. The first kappa shape index (κ1) is 12.8. The van der Waals surface area contributed by atoms with Crippen molar-refractivity contribution in [3.8, 4) is 0 Å². The molecule has 0 amide bonds. The smallest absolute Gasteiger partial charge is 0.107 e. The molecule has 0 aliphatic heterocycles. The summed E-state index contributed by atoms with van der Waals surface area (Å²) in [5.41, 5.74) is 9.11. The third-order valence-corrected chi connectivity index (χ3v) is 3.09. The lowest BCUT2D eigenvalue weighted by Gasteiger charge is -2.13. The molecule has 2 rings (SSSR count). The van der Waals surface area contributed by atoms with Gasteiger partial charge in [0.2, 0.25) is 0 Å². The minimum atomic E-state index is 0.268. The van der Waals surface area contributed by atoms with Crippen LogP contribution in [0.3, 0.4) is 0 Å². The van der Waals surface area contributed by atoms with Crippen LogP contribution in [0.15, 0.2) is 36.7 Å². The average Bonchev–Trinajstić information content (AvgIpc) is 2.31. The van der Waals surface area contributed by atoms with E-state index in [0.29, 0.717) is 10.6 Å². The van der Waals surface area contributed by atoms with Gasteiger partial charge in [0.25, 0.3) is 0 Å². The Hall–Kier alpha value is -1.65. The van der Waals surface area contributed by atoms with E-state index in [1.807, 2.05) is 25.1 Å². The van der Waals surface area contributed by atoms with Gasteiger partial charge in [0, 0.05) is 6.20 Å². The molecule has 0 saturated carbocycles. The number of nitrogens with two attached hydrogens (primary N) is 1. The van der Waals surface area contributed by atoms with Gasteiger partial charge >= 0.3 is 0 Å². The molecule has 3 nitrogen and oxygen atoms in total. The number of hydrogen-bond acceptors (Lipinski definition) is 3. The van der Waals surface area contributed by atoms with Gasteiger partial charge in [0.05, 0.1) is 28.2 Å². The normalized spacial score (nSPS) is 10.1. The van der Waals surface area contributed by atoms with Gasteiger partial charge in [0.15, 0.2) is 0 Å². The number of nitrogens with zero attached hydrogens (tertiary/aromatic N) is 1. The summed E-state index contributed by atoms with van der Waals surface area (Å²) in [6, 6.07) is 7.41. The molecule has 0 radical (unpaired) electrons. The Morgan fingerprint density at radius 1 is 1.33 bits per heavy atom. The molecule has 92 valence electrons. The predicted molar refractivity (Wildman–Crippen MR) is 79.6 cm³/mol. The van der Waals surface area contributed by atoms with Crippen LogP contribution < -0.4 is 11.1 Å². The van der Waals surface area contributed by atoms with Crippen LogP contribution in [0.2, 0.25) is 5.02 Å². The summed E-state index contributed by atoms with van der Waals surface area (Å²) in [5, 5.41) is 3.78. The first-order valence-corrected chi connectivity index (χ1v) is 6.14. The van der Waals surface area contributed by atoms with E-state index in [0.717, 1.165) is 16.9 Å². The first-order chi connectivity index (χ1) is 8.59. The molecule has 0 aliphatic carbocycles. The Morgan fingerprint density at radius 2 is 2.11 bits per heavy atom. The number of anilines is 2. The molecule has 3 N–H and O–H groups in total. The average molecular weight is 278 g/mol. The highest BCUT2D eigenvalue weighted by atomic mass is 35.5. The second kappa shape index (κ2) is 5.33. The second-order valence-corrected chi connectivity index (χ2v) is 4.69. The number of aryl methyl sites for hydroxylation is 1. The number of benzene rings is 1. The van der Waals surface area contributed by atoms with Crippen LogP contribution in [0.1, 0.15) is 11.1 Å². The van der Waals surface area contributed by atoms with E-state index in [1.165, 1.54) is 0 Å². The van der Waals surface area contributed by atoms with Crippen molar-refractivity contribution in [2.45, 2.75) is 6.92 Å². The summed E-state index contributed by atoms with van der Waals surface area (Å²) < 4.78 is 0. The zero-order valence-corrected chi connectivity index (χ0v) is 11.3. The van der Waals surface area contributed by atoms with E-state index in [2.05, 4.69) is 10.3 Å². The maximum atomic E-state index is 6.11. The van der Waals surface area contributed by atoms with Crippen molar-refractivity contribution in [2.24, 2.45) is 5.73 Å². The highest BCUT2D eigenvalue weighted by Crippen LogP contribution is 2.27. The molecule has 0 saturated heterocycles. The van der Waals surface area contributed by atoms with Crippen LogP contribution in [0.4, 0.5) is 11.4 Å². The molecule has 2 aromatic rings. The minimum absolute atomic E-state index is 0.268. The van der Waals surface area contributed by atoms with Gasteiger partial charge < -0.3 is 11.1 Å². The molecule has 0 spiro atoms. The second-order valence-electron chi connectivity index (χ2n) is 3.84. The highest BCUT2D eigenvalue weighted by Gasteiger charge is 2.10. The van der Waals surface area contributed by atoms with Crippen LogP contribution in [-0.4, -0.2) is 9.97 Å². The molecule has 1 aromatic carbocycles. The standard InChI is InChI=1S/C13H12ClN3S/c1-8-5-6-16-7-11(8)17-10-4-2-3-9(14)12(10)13(15)18/h2-7,17H,1H3,(H2,15,18). The van der Waals surface area contributed by atoms with E-state index in [-0.39, 0.29) is 4.99 Å². The molecule has 0 bridgehead atoms. The summed E-state index contributed by atoms with van der Waals surface area (Å²) in [6.07, 6.45) is 3.49. The molecular weight excluding hydrogens is 266 g/mol. The molecular formula is C13H12ClN3S. The van der Waals surface area contributed by atoms with Crippen molar-refractivity contribution in [2.75, 3.05) is 5.32 Å². The SMILES string of the molecule is Cc1ccncc1Nc1cccc(Cl)c1C(N)=S. The Bertz CT molecular complexity index is 599. The van der Waals surface area contributed by atoms with Crippen LogP contribution >= 0.6 is 23.8 Å². The summed E-state index contributed by atoms with van der Waals surface area (Å²) >= 11 is 11.1. The van der Waals surface area contributed by atoms with Crippen LogP contribution in [-0.2, 0) is 0 Å². The fraction of sp³-hybridized carbons (Fsp3) is 0.0769. The fourth-order valence-corrected chi connectivity index (χ4v) is 2.17. The minimum Gasteiger partial charge on any atom is -0.389 e. The van der Waals surface area contributed by atoms with Gasteiger partial charge in [-0.3, -0.25) is 4.98 Å². The van der Waals surface area contributed by atoms with Crippen LogP contribution in [0.5, 0.6) is 0 Å². The van der Waals surface area contributed by atoms with Crippen molar-refractivity contribution < 1.29 is 0 Å². The van der Waals surface area contributed by atoms with Crippen molar-refractivity contribution >= 4 is 40.2 Å². The van der Waals surface area contributed by atoms with Crippen LogP contribution in [0.25, 0.3) is 0 Å². The van der Waals surface area contributed by atoms with E-state index < -0.39 is 0 Å². The quantitative estimate of drug-likeness (QED) is 0.844. The van der Waals surface area contributed by atoms with Crippen molar-refractivity contribution in [1.29, 1.82) is 0 Å². The maximum absolute atomic E-state index is 6.11. The number of rotatable bonds is 3. The lowest BCUT2D eigenvalue weighted by atomic mass is 10.1. The monoisotopic (exact) mass is 277 g/mol. The summed E-state index contributed by atoms with van der Waals surface area (Å²) in [7, 11) is 0. The molecule has 1 aromatic heterocycles. The highest BCUT2D eigenvalue weighted by molar-refractivity contribution is 7.80. The topological polar surface area (TPSA) is 50.9 Å². The Labute approximate surface area is 116 Å². The van der Waals surface area contributed by atoms with Gasteiger partial charge in [-0.15, -0.1) is 0 Å². The van der Waals surface area contributed by atoms with Gasteiger partial charge in [-0.1, -0.05) is 29.9 Å². The largest absolute Gasteiger partial charge is 0.389 e. The van der Waals surface area contributed by atoms with Crippen molar-refractivity contribution in [3.05, 3.63) is 52.8 Å². The number of pyridine rings is 1. The van der Waals surface area contributed by atoms with Gasteiger partial charge in [-0.2, -0.15) is 0 Å². The molecule has 0 unspecified atom stereocenters. The third-order valence-electron chi connectivity index (χ3n) is 2.57. The predicted octanol–water partition coefficient (Wildman–Crippen LogP) is 3.42. The summed E-state index contributed by atoms with van der Waals surface area (Å²) in [5.74, 6) is 0. The summed E-state index contributed by atoms with van der Waals surface area (Å²) in [6.45, 7) is 2.00. The Balaban J connectivity index is 2.44. The van der Waals surface area contributed by atoms with E-state index >= 15 is 0 Å². The van der Waals surface area contributed by atoms with Crippen LogP contribution in [0, 0.1) is 6.92 Å². The molecule has 5 heteroatoms. The van der Waals surface area contributed by atoms with Gasteiger partial charge in [0.1, 0.15) is 4.99 Å². The third kappa shape index (κ3) is 2.60. The number of aromatic nitrogens is 1. The van der Waals surface area contributed by atoms with Gasteiger partial charge in [-0.05, 0) is 30.7 Å². The Kier molecular flexibility index (Phi) is 3.79. The lowest BCUT2D eigenvalue weighted by molar-refractivity contribution is 1.28. The van der Waals surface area contributed by atoms with Crippen molar-refractivity contribution in [1.82, 2.24) is 4.98 Å². The molecule has 0 aliphatic rings. The number of thiocarbonyl (C=S) groups is 1.